The number of piperidine rings is 1. The molecule has 0 saturated carbocycles. The molecule has 2 N–H and O–H groups in total. The fraction of sp³-hybridized carbons (Fsp3) is 0.522. The topological polar surface area (TPSA) is 42.9 Å². The monoisotopic (exact) mass is 413 g/mol. The van der Waals surface area contributed by atoms with Gasteiger partial charge in [-0.1, -0.05) is 24.3 Å². The first-order valence-corrected chi connectivity index (χ1v) is 11.5. The van der Waals surface area contributed by atoms with E-state index in [1.165, 1.54) is 16.1 Å². The van der Waals surface area contributed by atoms with E-state index in [2.05, 4.69) is 88.1 Å². The van der Waals surface area contributed by atoms with Crippen molar-refractivity contribution in [1.82, 2.24) is 15.5 Å². The molecule has 6 heteroatoms. The Labute approximate surface area is 179 Å². The lowest BCUT2D eigenvalue weighted by Gasteiger charge is -2.33. The second-order valence-corrected chi connectivity index (χ2v) is 8.99. The molecular weight excluding hydrogens is 378 g/mol. The van der Waals surface area contributed by atoms with E-state index in [0.29, 0.717) is 12.1 Å². The van der Waals surface area contributed by atoms with Crippen LogP contribution in [0, 0.1) is 0 Å². The first-order chi connectivity index (χ1) is 14.1. The van der Waals surface area contributed by atoms with Crippen LogP contribution in [-0.2, 0) is 13.1 Å². The lowest BCUT2D eigenvalue weighted by Crippen LogP contribution is -2.48. The number of thiophene rings is 1. The number of anilines is 1. The predicted octanol–water partition coefficient (Wildman–Crippen LogP) is 3.92. The minimum atomic E-state index is 0.472. The zero-order valence-electron chi connectivity index (χ0n) is 18.2. The largest absolute Gasteiger partial charge is 0.363 e. The number of hydrogen-bond acceptors (Lipinski definition) is 4. The van der Waals surface area contributed by atoms with Crippen LogP contribution in [0.1, 0.15) is 37.8 Å². The summed E-state index contributed by atoms with van der Waals surface area (Å²) in [6.45, 7) is 8.41. The Morgan fingerprint density at radius 3 is 2.52 bits per heavy atom. The summed E-state index contributed by atoms with van der Waals surface area (Å²) < 4.78 is 0. The zero-order chi connectivity index (χ0) is 20.6. The number of guanidine groups is 1. The first kappa shape index (κ1) is 21.7. The molecule has 1 fully saturated rings. The maximum atomic E-state index is 4.46. The third kappa shape index (κ3) is 6.21. The van der Waals surface area contributed by atoms with Gasteiger partial charge in [-0.25, -0.2) is 0 Å². The van der Waals surface area contributed by atoms with Crippen molar-refractivity contribution >= 4 is 22.3 Å². The minimum Gasteiger partial charge on any atom is -0.363 e. The number of hydrogen-bond donors (Lipinski definition) is 2. The highest BCUT2D eigenvalue weighted by atomic mass is 32.1. The molecule has 5 nitrogen and oxygen atoms in total. The number of benzene rings is 1. The Kier molecular flexibility index (Phi) is 7.95. The predicted molar refractivity (Wildman–Crippen MR) is 126 cm³/mol. The van der Waals surface area contributed by atoms with E-state index < -0.39 is 0 Å². The summed E-state index contributed by atoms with van der Waals surface area (Å²) in [6.07, 6.45) is 2.27. The smallest absolute Gasteiger partial charge is 0.191 e. The van der Waals surface area contributed by atoms with Gasteiger partial charge in [0.25, 0.3) is 0 Å². The van der Waals surface area contributed by atoms with Gasteiger partial charge in [0.15, 0.2) is 5.96 Å². The molecule has 0 bridgehead atoms. The van der Waals surface area contributed by atoms with Gasteiger partial charge < -0.3 is 15.5 Å². The lowest BCUT2D eigenvalue weighted by molar-refractivity contribution is 0.265. The third-order valence-electron chi connectivity index (χ3n) is 5.74. The Hall–Kier alpha value is -2.05. The number of nitrogens with zero attached hydrogens (tertiary/aromatic N) is 3. The molecule has 2 aromatic rings. The second kappa shape index (κ2) is 10.6. The van der Waals surface area contributed by atoms with Gasteiger partial charge in [-0.3, -0.25) is 9.89 Å². The average Bonchev–Trinajstić information content (AvgIpc) is 3.27. The Morgan fingerprint density at radius 2 is 1.90 bits per heavy atom. The van der Waals surface area contributed by atoms with Crippen LogP contribution in [0.5, 0.6) is 0 Å². The molecule has 1 aromatic heterocycles. The van der Waals surface area contributed by atoms with Crippen molar-refractivity contribution in [1.29, 1.82) is 0 Å². The van der Waals surface area contributed by atoms with Crippen LogP contribution in [0.3, 0.4) is 0 Å². The molecule has 29 heavy (non-hydrogen) atoms. The van der Waals surface area contributed by atoms with Crippen LogP contribution in [0.25, 0.3) is 0 Å². The van der Waals surface area contributed by atoms with E-state index in [-0.39, 0.29) is 0 Å². The van der Waals surface area contributed by atoms with Gasteiger partial charge in [0.05, 0.1) is 5.00 Å². The Balaban J connectivity index is 1.50. The van der Waals surface area contributed by atoms with Crippen LogP contribution < -0.4 is 15.5 Å². The van der Waals surface area contributed by atoms with Crippen LogP contribution in [-0.4, -0.2) is 50.1 Å². The summed E-state index contributed by atoms with van der Waals surface area (Å²) in [5.41, 5.74) is 2.70. The van der Waals surface area contributed by atoms with E-state index in [4.69, 9.17) is 0 Å². The van der Waals surface area contributed by atoms with Crippen molar-refractivity contribution in [3.8, 4) is 0 Å². The summed E-state index contributed by atoms with van der Waals surface area (Å²) >= 11 is 1.83. The molecule has 2 heterocycles. The minimum absolute atomic E-state index is 0.472. The van der Waals surface area contributed by atoms with Gasteiger partial charge in [-0.15, -0.1) is 11.3 Å². The standard InChI is InChI=1S/C23H35N5S/c1-18(2)27(4)17-20-9-6-5-8-19(20)16-25-23(24-3)26-21-11-13-28(14-12-21)22-10-7-15-29-22/h5-10,15,18,21H,11-14,16-17H2,1-4H3,(H2,24,25,26). The molecule has 0 amide bonds. The van der Waals surface area contributed by atoms with Gasteiger partial charge >= 0.3 is 0 Å². The molecule has 1 saturated heterocycles. The number of rotatable bonds is 7. The fourth-order valence-corrected chi connectivity index (χ4v) is 4.38. The lowest BCUT2D eigenvalue weighted by atomic mass is 10.1. The summed E-state index contributed by atoms with van der Waals surface area (Å²) in [6, 6.07) is 14.0. The molecule has 1 aliphatic heterocycles. The zero-order valence-corrected chi connectivity index (χ0v) is 19.0. The Morgan fingerprint density at radius 1 is 1.17 bits per heavy atom. The summed E-state index contributed by atoms with van der Waals surface area (Å²) in [5.74, 6) is 0.895. The van der Waals surface area contributed by atoms with Crippen LogP contribution in [0.4, 0.5) is 5.00 Å². The summed E-state index contributed by atoms with van der Waals surface area (Å²) in [4.78, 5) is 9.31. The van der Waals surface area contributed by atoms with Crippen molar-refractivity contribution in [2.45, 2.75) is 51.9 Å². The van der Waals surface area contributed by atoms with Crippen molar-refractivity contribution in [2.24, 2.45) is 4.99 Å². The number of aliphatic imine (C=N–C) groups is 1. The van der Waals surface area contributed by atoms with Gasteiger partial charge in [0.1, 0.15) is 0 Å². The quantitative estimate of drug-likeness (QED) is 0.533. The summed E-state index contributed by atoms with van der Waals surface area (Å²) in [7, 11) is 4.03. The molecule has 1 aromatic carbocycles. The molecule has 158 valence electrons. The Bertz CT molecular complexity index is 763. The summed E-state index contributed by atoms with van der Waals surface area (Å²) in [5, 5.41) is 10.7. The molecule has 0 unspecified atom stereocenters. The second-order valence-electron chi connectivity index (χ2n) is 8.06. The van der Waals surface area contributed by atoms with E-state index >= 15 is 0 Å². The van der Waals surface area contributed by atoms with E-state index in [1.54, 1.807) is 0 Å². The van der Waals surface area contributed by atoms with Crippen molar-refractivity contribution in [2.75, 3.05) is 32.1 Å². The molecule has 3 rings (SSSR count). The van der Waals surface area contributed by atoms with Crippen LogP contribution in [0.15, 0.2) is 46.8 Å². The molecule has 0 aliphatic carbocycles. The molecular formula is C23H35N5S. The highest BCUT2D eigenvalue weighted by Crippen LogP contribution is 2.24. The first-order valence-electron chi connectivity index (χ1n) is 10.6. The van der Waals surface area contributed by atoms with Crippen LogP contribution in [0.2, 0.25) is 0 Å². The van der Waals surface area contributed by atoms with Crippen molar-refractivity contribution < 1.29 is 0 Å². The van der Waals surface area contributed by atoms with Crippen molar-refractivity contribution in [3.63, 3.8) is 0 Å². The van der Waals surface area contributed by atoms with Crippen molar-refractivity contribution in [3.05, 3.63) is 52.9 Å². The SMILES string of the molecule is CN=C(NCc1ccccc1CN(C)C(C)C)NC1CCN(c2cccs2)CC1. The number of nitrogens with one attached hydrogen (secondary N) is 2. The van der Waals surface area contributed by atoms with E-state index in [0.717, 1.165) is 45.0 Å². The highest BCUT2D eigenvalue weighted by Gasteiger charge is 2.20. The van der Waals surface area contributed by atoms with E-state index in [1.807, 2.05) is 18.4 Å². The molecule has 0 radical (unpaired) electrons. The average molecular weight is 414 g/mol. The fourth-order valence-electron chi connectivity index (χ4n) is 3.60. The maximum absolute atomic E-state index is 4.46. The third-order valence-corrected chi connectivity index (χ3v) is 6.67. The molecule has 1 aliphatic rings. The molecule has 0 atom stereocenters. The van der Waals surface area contributed by atoms with E-state index in [9.17, 15) is 0 Å². The van der Waals surface area contributed by atoms with Gasteiger partial charge in [0, 0.05) is 45.3 Å². The molecule has 0 spiro atoms. The van der Waals surface area contributed by atoms with Gasteiger partial charge in [0.2, 0.25) is 0 Å². The highest BCUT2D eigenvalue weighted by molar-refractivity contribution is 7.14. The van der Waals surface area contributed by atoms with Crippen LogP contribution >= 0.6 is 11.3 Å². The maximum Gasteiger partial charge on any atom is 0.191 e. The van der Waals surface area contributed by atoms with Gasteiger partial charge in [-0.2, -0.15) is 0 Å². The normalized spacial score (nSPS) is 15.9. The van der Waals surface area contributed by atoms with Gasteiger partial charge in [-0.05, 0) is 62.4 Å².